The molecule has 2 N–H and O–H groups in total. The van der Waals surface area contributed by atoms with Gasteiger partial charge in [0.1, 0.15) is 5.82 Å². The second-order valence-electron chi connectivity index (χ2n) is 9.59. The molecule has 2 saturated carbocycles. The maximum Gasteiger partial charge on any atom is 0.254 e. The van der Waals surface area contributed by atoms with Crippen LogP contribution in [0.3, 0.4) is 0 Å². The normalized spacial score (nSPS) is 24.8. The van der Waals surface area contributed by atoms with Crippen molar-refractivity contribution in [1.29, 1.82) is 0 Å². The maximum absolute atomic E-state index is 13.8. The van der Waals surface area contributed by atoms with Crippen molar-refractivity contribution < 1.29 is 18.8 Å². The molecule has 0 aromatic heterocycles. The highest BCUT2D eigenvalue weighted by molar-refractivity contribution is 5.94. The molecule has 1 aliphatic heterocycles. The summed E-state index contributed by atoms with van der Waals surface area (Å²) < 4.78 is 13.8. The minimum Gasteiger partial charge on any atom is -0.353 e. The Kier molecular flexibility index (Phi) is 7.43. The van der Waals surface area contributed by atoms with Crippen molar-refractivity contribution in [3.05, 3.63) is 35.6 Å². The van der Waals surface area contributed by atoms with Crippen LogP contribution < -0.4 is 10.6 Å². The first-order valence-electron chi connectivity index (χ1n) is 12.2. The van der Waals surface area contributed by atoms with Crippen molar-refractivity contribution in [3.63, 3.8) is 0 Å². The number of likely N-dealkylation sites (tertiary alicyclic amines) is 1. The van der Waals surface area contributed by atoms with Gasteiger partial charge in [0, 0.05) is 37.0 Å². The van der Waals surface area contributed by atoms with Crippen LogP contribution in [0.1, 0.15) is 74.6 Å². The number of rotatable bonds is 5. The lowest BCUT2D eigenvalue weighted by Crippen LogP contribution is -2.49. The van der Waals surface area contributed by atoms with Crippen LogP contribution in [0.15, 0.2) is 24.3 Å². The number of benzene rings is 1. The summed E-state index contributed by atoms with van der Waals surface area (Å²) in [6.45, 7) is 1.22. The van der Waals surface area contributed by atoms with E-state index < -0.39 is 11.7 Å². The number of nitrogens with zero attached hydrogens (tertiary/aromatic N) is 1. The molecule has 174 valence electrons. The summed E-state index contributed by atoms with van der Waals surface area (Å²) in [5.74, 6) is -0.298. The zero-order valence-corrected chi connectivity index (χ0v) is 18.7. The molecule has 0 radical (unpaired) electrons. The lowest BCUT2D eigenvalue weighted by atomic mass is 9.84. The topological polar surface area (TPSA) is 78.5 Å². The minimum atomic E-state index is -0.521. The zero-order chi connectivity index (χ0) is 22.5. The number of carbonyl (C=O) groups is 3. The van der Waals surface area contributed by atoms with Crippen LogP contribution >= 0.6 is 0 Å². The summed E-state index contributed by atoms with van der Waals surface area (Å²) in [4.78, 5) is 39.6. The molecular weight excluding hydrogens is 409 g/mol. The molecule has 0 atom stereocenters. The molecule has 3 amide bonds. The van der Waals surface area contributed by atoms with Gasteiger partial charge in [-0.25, -0.2) is 4.39 Å². The first-order valence-corrected chi connectivity index (χ1v) is 12.2. The van der Waals surface area contributed by atoms with Crippen molar-refractivity contribution in [2.24, 2.45) is 11.8 Å². The summed E-state index contributed by atoms with van der Waals surface area (Å²) in [5, 5.41) is 6.12. The van der Waals surface area contributed by atoms with Crippen LogP contribution in [-0.2, 0) is 9.59 Å². The Labute approximate surface area is 189 Å². The molecule has 0 unspecified atom stereocenters. The van der Waals surface area contributed by atoms with Gasteiger partial charge >= 0.3 is 0 Å². The molecule has 3 fully saturated rings. The molecule has 32 heavy (non-hydrogen) atoms. The highest BCUT2D eigenvalue weighted by Gasteiger charge is 2.33. The molecule has 7 heteroatoms. The molecule has 0 bridgehead atoms. The Bertz CT molecular complexity index is 823. The van der Waals surface area contributed by atoms with Crippen molar-refractivity contribution in [2.75, 3.05) is 13.1 Å². The number of hydrogen-bond donors (Lipinski definition) is 2. The highest BCUT2D eigenvalue weighted by atomic mass is 19.1. The third-order valence-electron chi connectivity index (χ3n) is 7.41. The summed E-state index contributed by atoms with van der Waals surface area (Å²) in [5.41, 5.74) is 0.0581. The molecule has 2 aliphatic carbocycles. The van der Waals surface area contributed by atoms with Gasteiger partial charge in [-0.3, -0.25) is 14.4 Å². The Morgan fingerprint density at radius 3 is 2.06 bits per heavy atom. The van der Waals surface area contributed by atoms with Gasteiger partial charge in [-0.15, -0.1) is 0 Å². The van der Waals surface area contributed by atoms with Gasteiger partial charge in [0.15, 0.2) is 0 Å². The summed E-state index contributed by atoms with van der Waals surface area (Å²) in [7, 11) is 0. The van der Waals surface area contributed by atoms with Gasteiger partial charge in [0.05, 0.1) is 5.56 Å². The summed E-state index contributed by atoms with van der Waals surface area (Å²) >= 11 is 0. The molecule has 1 heterocycles. The van der Waals surface area contributed by atoms with Crippen LogP contribution in [0.25, 0.3) is 0 Å². The maximum atomic E-state index is 13.8. The van der Waals surface area contributed by atoms with E-state index in [1.54, 1.807) is 12.1 Å². The second-order valence-corrected chi connectivity index (χ2v) is 9.59. The Morgan fingerprint density at radius 2 is 1.41 bits per heavy atom. The number of carbonyl (C=O) groups excluding carboxylic acids is 3. The van der Waals surface area contributed by atoms with E-state index in [0.29, 0.717) is 25.9 Å². The fourth-order valence-electron chi connectivity index (χ4n) is 5.40. The Hall–Kier alpha value is -2.44. The van der Waals surface area contributed by atoms with Crippen LogP contribution in [0, 0.1) is 17.7 Å². The van der Waals surface area contributed by atoms with Crippen LogP contribution in [-0.4, -0.2) is 47.8 Å². The van der Waals surface area contributed by atoms with Gasteiger partial charge in [-0.1, -0.05) is 25.0 Å². The first-order chi connectivity index (χ1) is 15.5. The number of amides is 3. The van der Waals surface area contributed by atoms with Crippen LogP contribution in [0.4, 0.5) is 4.39 Å². The van der Waals surface area contributed by atoms with Crippen molar-refractivity contribution >= 4 is 17.7 Å². The SMILES string of the molecule is O=C(NC1CCN(C(=O)C2CCC(NC(=O)C3CCCC3)CC2)CC1)c1ccccc1F. The molecule has 4 rings (SSSR count). The third kappa shape index (κ3) is 5.48. The van der Waals surface area contributed by atoms with E-state index in [9.17, 15) is 18.8 Å². The second kappa shape index (κ2) is 10.5. The van der Waals surface area contributed by atoms with E-state index in [-0.39, 0.29) is 41.3 Å². The average Bonchev–Trinajstić information content (AvgIpc) is 3.35. The molecule has 3 aliphatic rings. The summed E-state index contributed by atoms with van der Waals surface area (Å²) in [6, 6.07) is 6.13. The molecule has 1 aromatic carbocycles. The van der Waals surface area contributed by atoms with E-state index in [1.807, 2.05) is 4.90 Å². The zero-order valence-electron chi connectivity index (χ0n) is 18.7. The number of piperidine rings is 1. The first kappa shape index (κ1) is 22.7. The van der Waals surface area contributed by atoms with Gasteiger partial charge in [0.25, 0.3) is 5.91 Å². The summed E-state index contributed by atoms with van der Waals surface area (Å²) in [6.07, 6.45) is 9.06. The van der Waals surface area contributed by atoms with E-state index in [1.165, 1.54) is 12.1 Å². The van der Waals surface area contributed by atoms with E-state index >= 15 is 0 Å². The van der Waals surface area contributed by atoms with E-state index in [4.69, 9.17) is 0 Å². The van der Waals surface area contributed by atoms with Gasteiger partial charge in [-0.05, 0) is 63.5 Å². The predicted octanol–water partition coefficient (Wildman–Crippen LogP) is 3.41. The lowest BCUT2D eigenvalue weighted by Gasteiger charge is -2.36. The average molecular weight is 444 g/mol. The largest absolute Gasteiger partial charge is 0.353 e. The highest BCUT2D eigenvalue weighted by Crippen LogP contribution is 2.29. The van der Waals surface area contributed by atoms with Crippen LogP contribution in [0.5, 0.6) is 0 Å². The molecule has 0 spiro atoms. The van der Waals surface area contributed by atoms with Gasteiger partial charge in [-0.2, -0.15) is 0 Å². The lowest BCUT2D eigenvalue weighted by molar-refractivity contribution is -0.137. The Balaban J connectivity index is 1.18. The van der Waals surface area contributed by atoms with Crippen molar-refractivity contribution in [3.8, 4) is 0 Å². The fraction of sp³-hybridized carbons (Fsp3) is 0.640. The molecular formula is C25H34FN3O3. The Morgan fingerprint density at radius 1 is 0.781 bits per heavy atom. The fourth-order valence-corrected chi connectivity index (χ4v) is 5.40. The molecule has 1 saturated heterocycles. The van der Waals surface area contributed by atoms with Crippen molar-refractivity contribution in [1.82, 2.24) is 15.5 Å². The van der Waals surface area contributed by atoms with E-state index in [0.717, 1.165) is 51.4 Å². The van der Waals surface area contributed by atoms with E-state index in [2.05, 4.69) is 10.6 Å². The molecule has 6 nitrogen and oxygen atoms in total. The third-order valence-corrected chi connectivity index (χ3v) is 7.41. The van der Waals surface area contributed by atoms with Gasteiger partial charge in [0.2, 0.25) is 11.8 Å². The standard InChI is InChI=1S/C25H34FN3O3/c26-22-8-4-3-7-21(22)24(31)28-20-13-15-29(16-14-20)25(32)18-9-11-19(12-10-18)27-23(30)17-5-1-2-6-17/h3-4,7-8,17-20H,1-2,5-6,9-16H2,(H,27,30)(H,28,31). The number of halogens is 1. The molecule has 1 aromatic rings. The smallest absolute Gasteiger partial charge is 0.254 e. The van der Waals surface area contributed by atoms with Crippen LogP contribution in [0.2, 0.25) is 0 Å². The monoisotopic (exact) mass is 443 g/mol. The number of nitrogens with one attached hydrogen (secondary N) is 2. The predicted molar refractivity (Wildman–Crippen MR) is 119 cm³/mol. The minimum absolute atomic E-state index is 0.0270. The quantitative estimate of drug-likeness (QED) is 0.732. The van der Waals surface area contributed by atoms with Crippen molar-refractivity contribution in [2.45, 2.75) is 76.3 Å². The number of hydrogen-bond acceptors (Lipinski definition) is 3. The van der Waals surface area contributed by atoms with Gasteiger partial charge < -0.3 is 15.5 Å².